The molecule has 1 amide bonds. The summed E-state index contributed by atoms with van der Waals surface area (Å²) in [6, 6.07) is 13.1. The number of carbonyl (C=O) groups excluding carboxylic acids is 2. The highest BCUT2D eigenvalue weighted by Gasteiger charge is 2.18. The fourth-order valence-corrected chi connectivity index (χ4v) is 2.82. The molecule has 0 atom stereocenters. The van der Waals surface area contributed by atoms with Crippen LogP contribution >= 0.6 is 0 Å². The fraction of sp³-hybridized carbons (Fsp3) is 0.167. The number of hydrogen-bond acceptors (Lipinski definition) is 8. The number of aryl methyl sites for hydroxylation is 1. The number of ether oxygens (including phenoxy) is 4. The molecule has 3 aromatic rings. The van der Waals surface area contributed by atoms with Gasteiger partial charge >= 0.3 is 5.97 Å². The number of nitrogens with zero attached hydrogens (tertiary/aromatic N) is 2. The summed E-state index contributed by atoms with van der Waals surface area (Å²) in [5.74, 6) is 0.452. The van der Waals surface area contributed by atoms with Crippen LogP contribution < -0.4 is 24.4 Å². The topological polar surface area (TPSA) is 108 Å². The zero-order valence-corrected chi connectivity index (χ0v) is 18.6. The molecule has 3 rings (SSSR count). The Hall–Kier alpha value is -4.40. The van der Waals surface area contributed by atoms with Gasteiger partial charge in [0.2, 0.25) is 5.75 Å². The normalized spacial score (nSPS) is 10.5. The van der Waals surface area contributed by atoms with E-state index in [2.05, 4.69) is 15.5 Å². The number of rotatable bonds is 8. The van der Waals surface area contributed by atoms with E-state index in [1.807, 2.05) is 6.92 Å². The SMILES string of the molecule is COc1cc(C(=O)Oc2ccc(/C=N/NC(=O)c3ccc(C)nc3)cc2)cc(OC)c1OC. The first-order valence-electron chi connectivity index (χ1n) is 9.83. The zero-order valence-electron chi connectivity index (χ0n) is 18.6. The summed E-state index contributed by atoms with van der Waals surface area (Å²) in [5, 5.41) is 3.93. The molecule has 2 aromatic carbocycles. The Kier molecular flexibility index (Phi) is 7.59. The zero-order chi connectivity index (χ0) is 23.8. The van der Waals surface area contributed by atoms with Gasteiger partial charge in [0.15, 0.2) is 11.5 Å². The predicted molar refractivity (Wildman–Crippen MR) is 122 cm³/mol. The smallest absolute Gasteiger partial charge is 0.343 e. The molecule has 170 valence electrons. The minimum Gasteiger partial charge on any atom is -0.493 e. The Bertz CT molecular complexity index is 1130. The first-order chi connectivity index (χ1) is 15.9. The van der Waals surface area contributed by atoms with Gasteiger partial charge in [-0.3, -0.25) is 9.78 Å². The second-order valence-electron chi connectivity index (χ2n) is 6.76. The van der Waals surface area contributed by atoms with E-state index in [0.29, 0.717) is 34.1 Å². The molecule has 0 saturated heterocycles. The van der Waals surface area contributed by atoms with Crippen LogP contribution in [0.1, 0.15) is 32.0 Å². The van der Waals surface area contributed by atoms with Crippen LogP contribution in [0.2, 0.25) is 0 Å². The molecule has 1 aromatic heterocycles. The lowest BCUT2D eigenvalue weighted by molar-refractivity contribution is 0.0733. The van der Waals surface area contributed by atoms with Gasteiger partial charge in [-0.05, 0) is 61.0 Å². The second kappa shape index (κ2) is 10.8. The number of hydrazone groups is 1. The monoisotopic (exact) mass is 449 g/mol. The molecule has 0 spiro atoms. The van der Waals surface area contributed by atoms with Crippen LogP contribution in [0.25, 0.3) is 0 Å². The lowest BCUT2D eigenvalue weighted by Gasteiger charge is -2.13. The number of nitrogens with one attached hydrogen (secondary N) is 1. The van der Waals surface area contributed by atoms with Crippen LogP contribution in [0, 0.1) is 6.92 Å². The van der Waals surface area contributed by atoms with E-state index < -0.39 is 5.97 Å². The molecule has 1 heterocycles. The molecule has 0 unspecified atom stereocenters. The van der Waals surface area contributed by atoms with Crippen molar-refractivity contribution in [1.82, 2.24) is 10.4 Å². The molecule has 0 fully saturated rings. The molecule has 0 bridgehead atoms. The van der Waals surface area contributed by atoms with Gasteiger partial charge in [-0.25, -0.2) is 10.2 Å². The summed E-state index contributed by atoms with van der Waals surface area (Å²) < 4.78 is 21.2. The lowest BCUT2D eigenvalue weighted by Crippen LogP contribution is -2.17. The van der Waals surface area contributed by atoms with Crippen molar-refractivity contribution in [3.63, 3.8) is 0 Å². The second-order valence-corrected chi connectivity index (χ2v) is 6.76. The van der Waals surface area contributed by atoms with Gasteiger partial charge < -0.3 is 18.9 Å². The van der Waals surface area contributed by atoms with Crippen molar-refractivity contribution in [3.05, 3.63) is 77.1 Å². The molecular formula is C24H23N3O6. The van der Waals surface area contributed by atoms with E-state index in [-0.39, 0.29) is 11.5 Å². The van der Waals surface area contributed by atoms with E-state index >= 15 is 0 Å². The first-order valence-corrected chi connectivity index (χ1v) is 9.83. The van der Waals surface area contributed by atoms with Crippen molar-refractivity contribution in [3.8, 4) is 23.0 Å². The predicted octanol–water partition coefficient (Wildman–Crippen LogP) is 3.40. The van der Waals surface area contributed by atoms with Gasteiger partial charge in [0.05, 0.1) is 38.7 Å². The Labute approximate surface area is 191 Å². The minimum atomic E-state index is -0.588. The fourth-order valence-electron chi connectivity index (χ4n) is 2.82. The molecular weight excluding hydrogens is 426 g/mol. The van der Waals surface area contributed by atoms with Crippen LogP contribution in [-0.4, -0.2) is 44.4 Å². The van der Waals surface area contributed by atoms with Crippen LogP contribution in [0.4, 0.5) is 0 Å². The van der Waals surface area contributed by atoms with Gasteiger partial charge in [0.25, 0.3) is 5.91 Å². The van der Waals surface area contributed by atoms with Crippen molar-refractivity contribution < 1.29 is 28.5 Å². The number of benzene rings is 2. The van der Waals surface area contributed by atoms with E-state index in [1.54, 1.807) is 36.4 Å². The standard InChI is InChI=1S/C24H23N3O6/c1-15-5-8-17(14-25-15)23(28)27-26-13-16-6-9-19(10-7-16)33-24(29)18-11-20(30-2)22(32-4)21(12-18)31-3/h5-14H,1-4H3,(H,27,28)/b26-13+. The number of methoxy groups -OCH3 is 3. The molecule has 1 N–H and O–H groups in total. The quantitative estimate of drug-likeness (QED) is 0.243. The number of pyridine rings is 1. The summed E-state index contributed by atoms with van der Waals surface area (Å²) >= 11 is 0. The lowest BCUT2D eigenvalue weighted by atomic mass is 10.2. The van der Waals surface area contributed by atoms with E-state index in [9.17, 15) is 9.59 Å². The molecule has 9 heteroatoms. The third kappa shape index (κ3) is 5.85. The maximum Gasteiger partial charge on any atom is 0.343 e. The maximum absolute atomic E-state index is 12.6. The Balaban J connectivity index is 1.63. The molecule has 0 saturated carbocycles. The van der Waals surface area contributed by atoms with Crippen LogP contribution in [0.15, 0.2) is 59.8 Å². The van der Waals surface area contributed by atoms with Crippen molar-refractivity contribution in [2.45, 2.75) is 6.92 Å². The van der Waals surface area contributed by atoms with Gasteiger partial charge in [0, 0.05) is 11.9 Å². The van der Waals surface area contributed by atoms with Gasteiger partial charge in [-0.2, -0.15) is 5.10 Å². The van der Waals surface area contributed by atoms with E-state index in [4.69, 9.17) is 18.9 Å². The number of carbonyl (C=O) groups is 2. The van der Waals surface area contributed by atoms with Crippen molar-refractivity contribution in [2.24, 2.45) is 5.10 Å². The van der Waals surface area contributed by atoms with Crippen LogP contribution in [-0.2, 0) is 0 Å². The molecule has 0 aliphatic rings. The van der Waals surface area contributed by atoms with Gasteiger partial charge in [0.1, 0.15) is 5.75 Å². The maximum atomic E-state index is 12.6. The van der Waals surface area contributed by atoms with Crippen LogP contribution in [0.3, 0.4) is 0 Å². The number of esters is 1. The Morgan fingerprint density at radius 3 is 2.12 bits per heavy atom. The van der Waals surface area contributed by atoms with Crippen molar-refractivity contribution in [2.75, 3.05) is 21.3 Å². The van der Waals surface area contributed by atoms with Crippen LogP contribution in [0.5, 0.6) is 23.0 Å². The molecule has 9 nitrogen and oxygen atoms in total. The van der Waals surface area contributed by atoms with Crippen molar-refractivity contribution >= 4 is 18.1 Å². The van der Waals surface area contributed by atoms with Gasteiger partial charge in [-0.1, -0.05) is 0 Å². The third-order valence-corrected chi connectivity index (χ3v) is 4.54. The summed E-state index contributed by atoms with van der Waals surface area (Å²) in [4.78, 5) is 28.7. The largest absolute Gasteiger partial charge is 0.493 e. The average Bonchev–Trinajstić information content (AvgIpc) is 2.84. The minimum absolute atomic E-state index is 0.239. The summed E-state index contributed by atoms with van der Waals surface area (Å²) in [7, 11) is 4.41. The van der Waals surface area contributed by atoms with E-state index in [1.165, 1.54) is 45.9 Å². The number of aromatic nitrogens is 1. The molecule has 0 aliphatic carbocycles. The summed E-state index contributed by atoms with van der Waals surface area (Å²) in [6.07, 6.45) is 2.96. The summed E-state index contributed by atoms with van der Waals surface area (Å²) in [6.45, 7) is 1.84. The number of amides is 1. The Morgan fingerprint density at radius 1 is 0.909 bits per heavy atom. The highest BCUT2D eigenvalue weighted by molar-refractivity contribution is 5.95. The highest BCUT2D eigenvalue weighted by Crippen LogP contribution is 2.38. The molecule has 33 heavy (non-hydrogen) atoms. The first kappa shape index (κ1) is 23.3. The van der Waals surface area contributed by atoms with Crippen molar-refractivity contribution in [1.29, 1.82) is 0 Å². The third-order valence-electron chi connectivity index (χ3n) is 4.54. The molecule has 0 radical (unpaired) electrons. The Morgan fingerprint density at radius 2 is 1.58 bits per heavy atom. The van der Waals surface area contributed by atoms with E-state index in [0.717, 1.165) is 5.69 Å². The highest BCUT2D eigenvalue weighted by atomic mass is 16.5. The summed E-state index contributed by atoms with van der Waals surface area (Å²) in [5.41, 5.74) is 4.61. The number of hydrogen-bond donors (Lipinski definition) is 1. The van der Waals surface area contributed by atoms with Gasteiger partial charge in [-0.15, -0.1) is 0 Å². The average molecular weight is 449 g/mol. The molecule has 0 aliphatic heterocycles.